The lowest BCUT2D eigenvalue weighted by atomic mass is 10.2. The summed E-state index contributed by atoms with van der Waals surface area (Å²) in [4.78, 5) is -0.134. The van der Waals surface area contributed by atoms with E-state index < -0.39 is 15.8 Å². The molecule has 0 spiro atoms. The third kappa shape index (κ3) is 3.12. The molecule has 0 amide bonds. The van der Waals surface area contributed by atoms with Crippen molar-refractivity contribution in [3.8, 4) is 6.07 Å². The van der Waals surface area contributed by atoms with Crippen LogP contribution in [0.3, 0.4) is 0 Å². The number of sulfonamides is 1. The highest BCUT2D eigenvalue weighted by atomic mass is 32.2. The lowest BCUT2D eigenvalue weighted by Crippen LogP contribution is -2.15. The van der Waals surface area contributed by atoms with E-state index in [9.17, 15) is 12.8 Å². The van der Waals surface area contributed by atoms with Crippen molar-refractivity contribution in [3.63, 3.8) is 0 Å². The number of halogens is 1. The van der Waals surface area contributed by atoms with Gasteiger partial charge in [0.15, 0.2) is 0 Å². The number of aryl methyl sites for hydroxylation is 1. The number of nitrogen functional groups attached to an aromatic ring is 1. The summed E-state index contributed by atoms with van der Waals surface area (Å²) in [5.41, 5.74) is 6.62. The highest BCUT2D eigenvalue weighted by Gasteiger charge is 2.18. The summed E-state index contributed by atoms with van der Waals surface area (Å²) in [7, 11) is -3.91. The third-order valence-corrected chi connectivity index (χ3v) is 4.30. The van der Waals surface area contributed by atoms with Crippen molar-refractivity contribution in [2.75, 3.05) is 10.5 Å². The molecule has 0 aromatic heterocycles. The first kappa shape index (κ1) is 14.8. The first-order valence-electron chi connectivity index (χ1n) is 5.92. The van der Waals surface area contributed by atoms with Gasteiger partial charge in [0, 0.05) is 0 Å². The van der Waals surface area contributed by atoms with Gasteiger partial charge >= 0.3 is 0 Å². The summed E-state index contributed by atoms with van der Waals surface area (Å²) in [5, 5.41) is 8.75. The van der Waals surface area contributed by atoms with Crippen LogP contribution in [-0.2, 0) is 10.0 Å². The lowest BCUT2D eigenvalue weighted by molar-refractivity contribution is 0.601. The van der Waals surface area contributed by atoms with Crippen molar-refractivity contribution in [3.05, 3.63) is 53.3 Å². The van der Waals surface area contributed by atoms with Gasteiger partial charge in [-0.3, -0.25) is 4.72 Å². The first-order valence-corrected chi connectivity index (χ1v) is 7.40. The van der Waals surface area contributed by atoms with Crippen molar-refractivity contribution in [2.45, 2.75) is 11.8 Å². The molecule has 5 nitrogen and oxygen atoms in total. The number of nitrogens with zero attached hydrogens (tertiary/aromatic N) is 1. The van der Waals surface area contributed by atoms with Crippen molar-refractivity contribution in [1.82, 2.24) is 0 Å². The predicted octanol–water partition coefficient (Wildman–Crippen LogP) is 2.39. The van der Waals surface area contributed by atoms with E-state index in [0.717, 1.165) is 6.07 Å². The zero-order chi connectivity index (χ0) is 15.6. The van der Waals surface area contributed by atoms with Gasteiger partial charge in [-0.2, -0.15) is 5.26 Å². The number of hydrogen-bond donors (Lipinski definition) is 2. The van der Waals surface area contributed by atoms with E-state index in [0.29, 0.717) is 5.56 Å². The average molecular weight is 305 g/mol. The molecule has 0 saturated carbocycles. The average Bonchev–Trinajstić information content (AvgIpc) is 2.41. The van der Waals surface area contributed by atoms with E-state index in [4.69, 9.17) is 11.0 Å². The van der Waals surface area contributed by atoms with E-state index in [1.165, 1.54) is 30.3 Å². The van der Waals surface area contributed by atoms with Gasteiger partial charge in [0.05, 0.1) is 23.0 Å². The monoisotopic (exact) mass is 305 g/mol. The normalized spacial score (nSPS) is 10.9. The number of rotatable bonds is 3. The van der Waals surface area contributed by atoms with Crippen LogP contribution in [0.5, 0.6) is 0 Å². The van der Waals surface area contributed by atoms with Gasteiger partial charge in [-0.15, -0.1) is 0 Å². The van der Waals surface area contributed by atoms with E-state index >= 15 is 0 Å². The second-order valence-corrected chi connectivity index (χ2v) is 6.08. The largest absolute Gasteiger partial charge is 0.398 e. The molecule has 0 unspecified atom stereocenters. The standard InChI is InChI=1S/C14H12FN3O2S/c1-9-6-11(15)3-4-13(9)18-21(19,20)14-5-2-10(8-16)7-12(14)17/h2-7,18H,17H2,1H3. The Bertz CT molecular complexity index is 842. The molecule has 2 aromatic rings. The Balaban J connectivity index is 2.41. The molecule has 0 saturated heterocycles. The van der Waals surface area contributed by atoms with Crippen LogP contribution in [0.4, 0.5) is 15.8 Å². The van der Waals surface area contributed by atoms with E-state index in [1.54, 1.807) is 6.92 Å². The molecule has 7 heteroatoms. The van der Waals surface area contributed by atoms with Crippen molar-refractivity contribution in [1.29, 1.82) is 5.26 Å². The summed E-state index contributed by atoms with van der Waals surface area (Å²) in [5.74, 6) is -0.451. The maximum Gasteiger partial charge on any atom is 0.263 e. The number of nitriles is 1. The molecule has 0 heterocycles. The molecule has 0 atom stereocenters. The summed E-state index contributed by atoms with van der Waals surface area (Å²) >= 11 is 0. The number of nitrogens with two attached hydrogens (primary N) is 1. The minimum atomic E-state index is -3.91. The molecule has 0 aliphatic rings. The molecular formula is C14H12FN3O2S. The van der Waals surface area contributed by atoms with Gasteiger partial charge in [0.1, 0.15) is 10.7 Å². The Labute approximate surface area is 121 Å². The van der Waals surface area contributed by atoms with Crippen molar-refractivity contribution in [2.24, 2.45) is 0 Å². The van der Waals surface area contributed by atoms with Crippen LogP contribution in [0, 0.1) is 24.1 Å². The van der Waals surface area contributed by atoms with Gasteiger partial charge < -0.3 is 5.73 Å². The molecule has 2 aromatic carbocycles. The summed E-state index contributed by atoms with van der Waals surface area (Å²) in [6, 6.07) is 9.50. The highest BCUT2D eigenvalue weighted by molar-refractivity contribution is 7.92. The topological polar surface area (TPSA) is 96.0 Å². The maximum absolute atomic E-state index is 13.0. The fraction of sp³-hybridized carbons (Fsp3) is 0.0714. The molecular weight excluding hydrogens is 293 g/mol. The van der Waals surface area contributed by atoms with Gasteiger partial charge in [-0.25, -0.2) is 12.8 Å². The predicted molar refractivity (Wildman–Crippen MR) is 77.5 cm³/mol. The Morgan fingerprint density at radius 2 is 1.95 bits per heavy atom. The zero-order valence-corrected chi connectivity index (χ0v) is 11.9. The Kier molecular flexibility index (Phi) is 3.82. The molecule has 2 rings (SSSR count). The molecule has 21 heavy (non-hydrogen) atoms. The third-order valence-electron chi connectivity index (χ3n) is 2.86. The number of nitrogens with one attached hydrogen (secondary N) is 1. The van der Waals surface area contributed by atoms with Gasteiger partial charge in [0.2, 0.25) is 0 Å². The molecule has 0 aliphatic heterocycles. The zero-order valence-electron chi connectivity index (χ0n) is 11.1. The molecule has 0 radical (unpaired) electrons. The van der Waals surface area contributed by atoms with Crippen LogP contribution < -0.4 is 10.5 Å². The van der Waals surface area contributed by atoms with Gasteiger partial charge in [0.25, 0.3) is 10.0 Å². The maximum atomic E-state index is 13.0. The van der Waals surface area contributed by atoms with Crippen molar-refractivity contribution < 1.29 is 12.8 Å². The number of anilines is 2. The Morgan fingerprint density at radius 3 is 2.52 bits per heavy atom. The fourth-order valence-electron chi connectivity index (χ4n) is 1.80. The summed E-state index contributed by atoms with van der Waals surface area (Å²) < 4.78 is 40.0. The quantitative estimate of drug-likeness (QED) is 0.851. The van der Waals surface area contributed by atoms with Crippen LogP contribution in [0.2, 0.25) is 0 Å². The van der Waals surface area contributed by atoms with Crippen LogP contribution in [0.25, 0.3) is 0 Å². The minimum absolute atomic E-state index is 0.0266. The molecule has 0 fully saturated rings. The second kappa shape index (κ2) is 5.42. The summed E-state index contributed by atoms with van der Waals surface area (Å²) in [6.07, 6.45) is 0. The Morgan fingerprint density at radius 1 is 1.24 bits per heavy atom. The highest BCUT2D eigenvalue weighted by Crippen LogP contribution is 2.24. The van der Waals surface area contributed by atoms with E-state index in [2.05, 4.69) is 4.72 Å². The second-order valence-electron chi connectivity index (χ2n) is 4.43. The van der Waals surface area contributed by atoms with Crippen molar-refractivity contribution >= 4 is 21.4 Å². The fourth-order valence-corrected chi connectivity index (χ4v) is 3.05. The van der Waals surface area contributed by atoms with Crippen LogP contribution in [-0.4, -0.2) is 8.42 Å². The summed E-state index contributed by atoms with van der Waals surface area (Å²) in [6.45, 7) is 1.59. The van der Waals surface area contributed by atoms with E-state index in [-0.39, 0.29) is 21.8 Å². The van der Waals surface area contributed by atoms with Crippen LogP contribution in [0.1, 0.15) is 11.1 Å². The number of hydrogen-bond acceptors (Lipinski definition) is 4. The molecule has 108 valence electrons. The minimum Gasteiger partial charge on any atom is -0.398 e. The Hall–Kier alpha value is -2.59. The number of benzene rings is 2. The molecule has 3 N–H and O–H groups in total. The smallest absolute Gasteiger partial charge is 0.263 e. The van der Waals surface area contributed by atoms with Crippen LogP contribution in [0.15, 0.2) is 41.3 Å². The van der Waals surface area contributed by atoms with Crippen LogP contribution >= 0.6 is 0 Å². The van der Waals surface area contributed by atoms with Gasteiger partial charge in [-0.1, -0.05) is 0 Å². The SMILES string of the molecule is Cc1cc(F)ccc1NS(=O)(=O)c1ccc(C#N)cc1N. The lowest BCUT2D eigenvalue weighted by Gasteiger charge is -2.12. The van der Waals surface area contributed by atoms with Gasteiger partial charge in [-0.05, 0) is 48.9 Å². The first-order chi connectivity index (χ1) is 9.83. The van der Waals surface area contributed by atoms with E-state index in [1.807, 2.05) is 6.07 Å². The molecule has 0 aliphatic carbocycles. The molecule has 0 bridgehead atoms.